The molecule has 2 rings (SSSR count). The third kappa shape index (κ3) is 5.39. The van der Waals surface area contributed by atoms with Gasteiger partial charge in [-0.15, -0.1) is 0 Å². The number of piperidine rings is 1. The number of rotatable bonds is 3. The summed E-state index contributed by atoms with van der Waals surface area (Å²) in [6, 6.07) is 0.0672. The van der Waals surface area contributed by atoms with Crippen molar-refractivity contribution in [1.29, 1.82) is 0 Å². The SMILES string of the molecule is C[C@H](OC(=O)NC1CCN(C(=O)OC(C)(C)C)CC1)C1CC1. The summed E-state index contributed by atoms with van der Waals surface area (Å²) in [6.45, 7) is 8.71. The van der Waals surface area contributed by atoms with Crippen molar-refractivity contribution in [2.24, 2.45) is 5.92 Å². The Morgan fingerprint density at radius 2 is 1.73 bits per heavy atom. The molecule has 2 aliphatic rings. The van der Waals surface area contributed by atoms with Crippen LogP contribution in [0, 0.1) is 5.92 Å². The first kappa shape index (κ1) is 16.9. The van der Waals surface area contributed by atoms with E-state index in [9.17, 15) is 9.59 Å². The van der Waals surface area contributed by atoms with Crippen molar-refractivity contribution in [1.82, 2.24) is 10.2 Å². The molecule has 1 N–H and O–H groups in total. The maximum atomic E-state index is 12.0. The molecule has 1 atom stereocenters. The molecule has 0 bridgehead atoms. The Kier molecular flexibility index (Phi) is 5.19. The van der Waals surface area contributed by atoms with Crippen LogP contribution in [0.2, 0.25) is 0 Å². The second kappa shape index (κ2) is 6.75. The van der Waals surface area contributed by atoms with Crippen LogP contribution in [0.1, 0.15) is 53.4 Å². The summed E-state index contributed by atoms with van der Waals surface area (Å²) in [6.07, 6.45) is 3.15. The molecule has 1 saturated heterocycles. The van der Waals surface area contributed by atoms with E-state index in [0.29, 0.717) is 19.0 Å². The Morgan fingerprint density at radius 1 is 1.14 bits per heavy atom. The molecule has 126 valence electrons. The minimum atomic E-state index is -0.477. The maximum absolute atomic E-state index is 12.0. The van der Waals surface area contributed by atoms with E-state index >= 15 is 0 Å². The lowest BCUT2D eigenvalue weighted by atomic mass is 10.1. The molecular weight excluding hydrogens is 284 g/mol. The standard InChI is InChI=1S/C16H28N2O4/c1-11(12-5-6-12)21-14(19)17-13-7-9-18(10-8-13)15(20)22-16(2,3)4/h11-13H,5-10H2,1-4H3,(H,17,19)/t11-/m0/s1. The fraction of sp³-hybridized carbons (Fsp3) is 0.875. The second-order valence-corrected chi connectivity index (χ2v) is 7.33. The quantitative estimate of drug-likeness (QED) is 0.870. The Labute approximate surface area is 132 Å². The molecule has 1 aliphatic heterocycles. The van der Waals surface area contributed by atoms with Crippen LogP contribution in [-0.2, 0) is 9.47 Å². The van der Waals surface area contributed by atoms with Crippen molar-refractivity contribution in [3.63, 3.8) is 0 Å². The van der Waals surface area contributed by atoms with Gasteiger partial charge in [0.05, 0.1) is 0 Å². The van der Waals surface area contributed by atoms with Crippen molar-refractivity contribution in [2.75, 3.05) is 13.1 Å². The molecule has 22 heavy (non-hydrogen) atoms. The summed E-state index contributed by atoms with van der Waals surface area (Å²) in [5.74, 6) is 0.541. The zero-order valence-corrected chi connectivity index (χ0v) is 14.1. The van der Waals surface area contributed by atoms with Crippen LogP contribution >= 0.6 is 0 Å². The molecule has 2 fully saturated rings. The van der Waals surface area contributed by atoms with Crippen molar-refractivity contribution in [3.05, 3.63) is 0 Å². The zero-order chi connectivity index (χ0) is 16.3. The number of hydrogen-bond donors (Lipinski definition) is 1. The summed E-state index contributed by atoms with van der Waals surface area (Å²) in [4.78, 5) is 25.5. The van der Waals surface area contributed by atoms with Gasteiger partial charge in [0.15, 0.2) is 0 Å². The van der Waals surface area contributed by atoms with Gasteiger partial charge >= 0.3 is 12.2 Å². The van der Waals surface area contributed by atoms with Gasteiger partial charge in [-0.2, -0.15) is 0 Å². The van der Waals surface area contributed by atoms with Gasteiger partial charge in [0, 0.05) is 19.1 Å². The van der Waals surface area contributed by atoms with Gasteiger partial charge in [-0.05, 0) is 59.3 Å². The fourth-order valence-corrected chi connectivity index (χ4v) is 2.56. The molecule has 2 amide bonds. The van der Waals surface area contributed by atoms with E-state index in [1.54, 1.807) is 4.90 Å². The molecule has 0 aromatic carbocycles. The maximum Gasteiger partial charge on any atom is 0.410 e. The molecule has 6 heteroatoms. The summed E-state index contributed by atoms with van der Waals surface area (Å²) >= 11 is 0. The molecule has 0 aromatic rings. The summed E-state index contributed by atoms with van der Waals surface area (Å²) in [5.41, 5.74) is -0.477. The van der Waals surface area contributed by atoms with Crippen LogP contribution in [-0.4, -0.2) is 47.9 Å². The third-order valence-corrected chi connectivity index (χ3v) is 4.05. The van der Waals surface area contributed by atoms with Crippen LogP contribution in [0.4, 0.5) is 9.59 Å². The predicted molar refractivity (Wildman–Crippen MR) is 82.6 cm³/mol. The first-order valence-corrected chi connectivity index (χ1v) is 8.19. The third-order valence-electron chi connectivity index (χ3n) is 4.05. The fourth-order valence-electron chi connectivity index (χ4n) is 2.56. The van der Waals surface area contributed by atoms with Crippen LogP contribution < -0.4 is 5.32 Å². The lowest BCUT2D eigenvalue weighted by Gasteiger charge is -2.33. The van der Waals surface area contributed by atoms with Crippen LogP contribution in [0.15, 0.2) is 0 Å². The van der Waals surface area contributed by atoms with Crippen LogP contribution in [0.25, 0.3) is 0 Å². The van der Waals surface area contributed by atoms with E-state index in [2.05, 4.69) is 5.32 Å². The van der Waals surface area contributed by atoms with Gasteiger partial charge in [0.2, 0.25) is 0 Å². The van der Waals surface area contributed by atoms with Crippen LogP contribution in [0.3, 0.4) is 0 Å². The Bertz CT molecular complexity index is 407. The molecular formula is C16H28N2O4. The highest BCUT2D eigenvalue weighted by atomic mass is 16.6. The molecule has 1 saturated carbocycles. The number of nitrogens with one attached hydrogen (secondary N) is 1. The van der Waals surface area contributed by atoms with Gasteiger partial charge in [0.1, 0.15) is 11.7 Å². The molecule has 6 nitrogen and oxygen atoms in total. The number of alkyl carbamates (subject to hydrolysis) is 1. The largest absolute Gasteiger partial charge is 0.446 e. The summed E-state index contributed by atoms with van der Waals surface area (Å²) in [7, 11) is 0. The monoisotopic (exact) mass is 312 g/mol. The number of nitrogens with zero attached hydrogens (tertiary/aromatic N) is 1. The average molecular weight is 312 g/mol. The zero-order valence-electron chi connectivity index (χ0n) is 14.1. The van der Waals surface area contributed by atoms with Crippen molar-refractivity contribution < 1.29 is 19.1 Å². The van der Waals surface area contributed by atoms with Crippen molar-refractivity contribution in [3.8, 4) is 0 Å². The van der Waals surface area contributed by atoms with Gasteiger partial charge in [0.25, 0.3) is 0 Å². The summed E-state index contributed by atoms with van der Waals surface area (Å²) < 4.78 is 10.7. The number of carbonyl (C=O) groups excluding carboxylic acids is 2. The molecule has 1 heterocycles. The normalized spacial score (nSPS) is 21.2. The number of ether oxygens (including phenoxy) is 2. The molecule has 1 aliphatic carbocycles. The lowest BCUT2D eigenvalue weighted by molar-refractivity contribution is 0.0196. The number of amides is 2. The highest BCUT2D eigenvalue weighted by molar-refractivity contribution is 5.69. The minimum Gasteiger partial charge on any atom is -0.446 e. The van der Waals surface area contributed by atoms with Gasteiger partial charge in [-0.1, -0.05) is 0 Å². The van der Waals surface area contributed by atoms with Gasteiger partial charge < -0.3 is 19.7 Å². The van der Waals surface area contributed by atoms with E-state index in [0.717, 1.165) is 25.7 Å². The second-order valence-electron chi connectivity index (χ2n) is 7.33. The number of likely N-dealkylation sites (tertiary alicyclic amines) is 1. The van der Waals surface area contributed by atoms with Crippen molar-refractivity contribution in [2.45, 2.75) is 71.1 Å². The highest BCUT2D eigenvalue weighted by Crippen LogP contribution is 2.34. The first-order chi connectivity index (χ1) is 10.2. The Hall–Kier alpha value is -1.46. The first-order valence-electron chi connectivity index (χ1n) is 8.19. The predicted octanol–water partition coefficient (Wildman–Crippen LogP) is 2.91. The Morgan fingerprint density at radius 3 is 2.23 bits per heavy atom. The molecule has 0 spiro atoms. The van der Waals surface area contributed by atoms with E-state index in [-0.39, 0.29) is 24.3 Å². The van der Waals surface area contributed by atoms with E-state index in [1.165, 1.54) is 0 Å². The lowest BCUT2D eigenvalue weighted by Crippen LogP contribution is -2.48. The summed E-state index contributed by atoms with van der Waals surface area (Å²) in [5, 5.41) is 2.90. The Balaban J connectivity index is 1.68. The smallest absolute Gasteiger partial charge is 0.410 e. The van der Waals surface area contributed by atoms with Gasteiger partial charge in [-0.25, -0.2) is 9.59 Å². The average Bonchev–Trinajstić information content (AvgIpc) is 3.21. The van der Waals surface area contributed by atoms with E-state index in [4.69, 9.17) is 9.47 Å². The van der Waals surface area contributed by atoms with E-state index in [1.807, 2.05) is 27.7 Å². The van der Waals surface area contributed by atoms with E-state index < -0.39 is 5.60 Å². The highest BCUT2D eigenvalue weighted by Gasteiger charge is 2.32. The minimum absolute atomic E-state index is 0.00172. The van der Waals surface area contributed by atoms with Crippen LogP contribution in [0.5, 0.6) is 0 Å². The number of hydrogen-bond acceptors (Lipinski definition) is 4. The topological polar surface area (TPSA) is 67.9 Å². The molecule has 0 aromatic heterocycles. The number of carbonyl (C=O) groups is 2. The molecule has 0 radical (unpaired) electrons. The van der Waals surface area contributed by atoms with Gasteiger partial charge in [-0.3, -0.25) is 0 Å². The van der Waals surface area contributed by atoms with Crippen molar-refractivity contribution >= 4 is 12.2 Å². The molecule has 0 unspecified atom stereocenters.